The predicted molar refractivity (Wildman–Crippen MR) is 203 cm³/mol. The SMILES string of the molecule is C=S1(=O)NC(=O)c2ccc3c(c2)N(C[C@@H]2CC[C@H]2[C@H](C2OCC(N(C)CC)CO2)CCC[C@H](C)[C@H]1C)C[C@@]1(CCCc2cc(Cl)ccc21)CO3. The summed E-state index contributed by atoms with van der Waals surface area (Å²) < 4.78 is 36.7. The second-order valence-electron chi connectivity index (χ2n) is 16.0. The topological polar surface area (TPSA) is 80.3 Å². The van der Waals surface area contributed by atoms with Crippen LogP contribution >= 0.6 is 11.6 Å². The number of anilines is 1. The Morgan fingerprint density at radius 3 is 2.60 bits per heavy atom. The molecule has 1 saturated heterocycles. The fourth-order valence-electron chi connectivity index (χ4n) is 9.34. The number of benzene rings is 2. The van der Waals surface area contributed by atoms with Gasteiger partial charge in [-0.25, -0.2) is 4.21 Å². The van der Waals surface area contributed by atoms with Crippen molar-refractivity contribution in [1.29, 1.82) is 0 Å². The Hall–Kier alpha value is -2.30. The molecule has 1 N–H and O–H groups in total. The molecule has 1 amide bonds. The van der Waals surface area contributed by atoms with Crippen molar-refractivity contribution in [2.45, 2.75) is 95.1 Å². The van der Waals surface area contributed by atoms with Gasteiger partial charge in [-0.2, -0.15) is 0 Å². The van der Waals surface area contributed by atoms with Crippen LogP contribution in [0.2, 0.25) is 5.02 Å². The Morgan fingerprint density at radius 2 is 1.86 bits per heavy atom. The summed E-state index contributed by atoms with van der Waals surface area (Å²) in [5.41, 5.74) is 3.83. The standard InChI is InChI=1S/C40H56ClN3O5S/c1-6-43(4)32-22-47-39(48-23-32)34-11-7-9-26(2)27(3)50(5,46)42-38(45)29-13-17-37-36(20-29)44(21-30-12-15-33(30)34)24-40(25-49-37)18-8-10-28-19-31(41)14-16-35(28)40/h13-14,16-17,19-20,26-27,30,32-34,39H,5-12,15,18,21-25H2,1-4H3,(H,42,45,46)/t26-,27+,30-,32?,33+,34+,39?,40-,50?/m0/s1. The number of carbonyl (C=O) groups excluding carboxylic acids is 1. The lowest BCUT2D eigenvalue weighted by atomic mass is 9.64. The lowest BCUT2D eigenvalue weighted by Crippen LogP contribution is -2.52. The fourth-order valence-corrected chi connectivity index (χ4v) is 11.0. The van der Waals surface area contributed by atoms with Gasteiger partial charge in [0.1, 0.15) is 5.75 Å². The molecular weight excluding hydrogens is 670 g/mol. The molecule has 0 radical (unpaired) electrons. The van der Waals surface area contributed by atoms with Gasteiger partial charge in [-0.15, -0.1) is 0 Å². The number of amides is 1. The zero-order chi connectivity index (χ0) is 35.2. The van der Waals surface area contributed by atoms with Gasteiger partial charge in [-0.1, -0.05) is 37.9 Å². The van der Waals surface area contributed by atoms with Crippen LogP contribution in [0.5, 0.6) is 5.75 Å². The smallest absolute Gasteiger partial charge is 0.262 e. The van der Waals surface area contributed by atoms with Gasteiger partial charge in [0.05, 0.1) is 41.3 Å². The molecule has 2 aromatic rings. The number of carbonyl (C=O) groups is 1. The van der Waals surface area contributed by atoms with E-state index in [2.05, 4.69) is 53.4 Å². The van der Waals surface area contributed by atoms with Crippen molar-refractivity contribution < 1.29 is 23.2 Å². The van der Waals surface area contributed by atoms with Crippen LogP contribution in [0, 0.1) is 23.7 Å². The first-order chi connectivity index (χ1) is 24.0. The third-order valence-electron chi connectivity index (χ3n) is 13.0. The normalized spacial score (nSPS) is 36.4. The lowest BCUT2D eigenvalue weighted by molar-refractivity contribution is -0.241. The molecule has 3 aliphatic heterocycles. The van der Waals surface area contributed by atoms with E-state index in [9.17, 15) is 9.00 Å². The molecule has 3 heterocycles. The number of hydrogen-bond acceptors (Lipinski definition) is 7. The molecule has 50 heavy (non-hydrogen) atoms. The summed E-state index contributed by atoms with van der Waals surface area (Å²) in [5, 5.41) is 0.496. The number of ether oxygens (including phenoxy) is 3. The minimum atomic E-state index is -2.91. The zero-order valence-electron chi connectivity index (χ0n) is 30.3. The molecule has 1 unspecified atom stereocenters. The third-order valence-corrected chi connectivity index (χ3v) is 15.5. The molecule has 8 nitrogen and oxygen atoms in total. The summed E-state index contributed by atoms with van der Waals surface area (Å²) in [5.74, 6) is 5.83. The highest BCUT2D eigenvalue weighted by Crippen LogP contribution is 2.49. The van der Waals surface area contributed by atoms with Crippen molar-refractivity contribution in [2.75, 3.05) is 51.4 Å². The van der Waals surface area contributed by atoms with E-state index in [0.717, 1.165) is 87.5 Å². The summed E-state index contributed by atoms with van der Waals surface area (Å²) >= 11 is 6.50. The van der Waals surface area contributed by atoms with E-state index in [4.69, 9.17) is 25.8 Å². The van der Waals surface area contributed by atoms with Crippen LogP contribution in [0.25, 0.3) is 0 Å². The molecule has 5 aliphatic rings. The van der Waals surface area contributed by atoms with Gasteiger partial charge >= 0.3 is 0 Å². The number of halogens is 1. The average Bonchev–Trinajstić information content (AvgIpc) is 3.25. The molecular formula is C40H56ClN3O5S. The van der Waals surface area contributed by atoms with Crippen molar-refractivity contribution in [3.8, 4) is 5.75 Å². The number of nitrogens with zero attached hydrogens (tertiary/aromatic N) is 2. The summed E-state index contributed by atoms with van der Waals surface area (Å²) in [6, 6.07) is 12.3. The zero-order valence-corrected chi connectivity index (χ0v) is 31.9. The van der Waals surface area contributed by atoms with Crippen molar-refractivity contribution in [3.05, 3.63) is 58.1 Å². The molecule has 7 rings (SSSR count). The van der Waals surface area contributed by atoms with Crippen molar-refractivity contribution in [2.24, 2.45) is 23.7 Å². The Bertz CT molecular complexity index is 1660. The highest BCUT2D eigenvalue weighted by molar-refractivity contribution is 7.99. The number of aryl methyl sites for hydroxylation is 1. The van der Waals surface area contributed by atoms with Gasteiger partial charge in [-0.3, -0.25) is 14.4 Å². The summed E-state index contributed by atoms with van der Waals surface area (Å²) in [4.78, 5) is 18.5. The quantitative estimate of drug-likeness (QED) is 0.352. The van der Waals surface area contributed by atoms with Gasteiger partial charge in [0, 0.05) is 40.3 Å². The van der Waals surface area contributed by atoms with Crippen LogP contribution in [0.4, 0.5) is 5.69 Å². The molecule has 2 fully saturated rings. The van der Waals surface area contributed by atoms with Crippen LogP contribution in [0.3, 0.4) is 0 Å². The van der Waals surface area contributed by atoms with Gasteiger partial charge in [0.15, 0.2) is 6.29 Å². The van der Waals surface area contributed by atoms with E-state index < -0.39 is 9.71 Å². The maximum absolute atomic E-state index is 14.0. The summed E-state index contributed by atoms with van der Waals surface area (Å²) in [6.07, 6.45) is 8.06. The Balaban J connectivity index is 1.25. The number of nitrogens with one attached hydrogen (secondary N) is 1. The maximum Gasteiger partial charge on any atom is 0.262 e. The maximum atomic E-state index is 14.0. The van der Waals surface area contributed by atoms with E-state index >= 15 is 0 Å². The Morgan fingerprint density at radius 1 is 1.06 bits per heavy atom. The minimum Gasteiger partial charge on any atom is -0.490 e. The van der Waals surface area contributed by atoms with Crippen LogP contribution in [-0.4, -0.2) is 85.0 Å². The molecule has 0 aromatic heterocycles. The lowest BCUT2D eigenvalue weighted by Gasteiger charge is -2.49. The molecule has 7 atom stereocenters. The number of rotatable bonds is 3. The minimum absolute atomic E-state index is 0.127. The monoisotopic (exact) mass is 725 g/mol. The Labute approximate surface area is 304 Å². The van der Waals surface area contributed by atoms with E-state index in [1.165, 1.54) is 11.1 Å². The van der Waals surface area contributed by atoms with Crippen molar-refractivity contribution in [3.63, 3.8) is 0 Å². The molecule has 2 aromatic carbocycles. The first-order valence-electron chi connectivity index (χ1n) is 18.9. The number of likely N-dealkylation sites (N-methyl/N-ethyl adjacent to an activating group) is 1. The predicted octanol–water partition coefficient (Wildman–Crippen LogP) is 6.72. The average molecular weight is 726 g/mol. The van der Waals surface area contributed by atoms with Crippen LogP contribution < -0.4 is 14.4 Å². The van der Waals surface area contributed by atoms with Crippen molar-refractivity contribution >= 4 is 38.8 Å². The highest BCUT2D eigenvalue weighted by atomic mass is 35.5. The molecule has 274 valence electrons. The first kappa shape index (κ1) is 36.1. The summed E-state index contributed by atoms with van der Waals surface area (Å²) in [7, 11) is -0.769. The molecule has 2 aliphatic carbocycles. The second kappa shape index (κ2) is 14.6. The molecule has 1 spiro atoms. The molecule has 1 saturated carbocycles. The second-order valence-corrected chi connectivity index (χ2v) is 18.8. The third kappa shape index (κ3) is 7.06. The highest BCUT2D eigenvalue weighted by Gasteiger charge is 2.46. The van der Waals surface area contributed by atoms with Gasteiger partial charge < -0.3 is 19.1 Å². The van der Waals surface area contributed by atoms with E-state index in [1.807, 2.05) is 25.1 Å². The number of hydrogen-bond donors (Lipinski definition) is 1. The summed E-state index contributed by atoms with van der Waals surface area (Å²) in [6.45, 7) is 10.8. The fraction of sp³-hybridized carbons (Fsp3) is 0.650. The van der Waals surface area contributed by atoms with Gasteiger partial charge in [0.2, 0.25) is 0 Å². The largest absolute Gasteiger partial charge is 0.490 e. The van der Waals surface area contributed by atoms with Crippen LogP contribution in [-0.2, 0) is 31.0 Å². The molecule has 2 bridgehead atoms. The molecule has 10 heteroatoms. The number of fused-ring (bicyclic) bond motifs is 4. The van der Waals surface area contributed by atoms with Gasteiger partial charge in [0.25, 0.3) is 5.91 Å². The van der Waals surface area contributed by atoms with Gasteiger partial charge in [-0.05, 0) is 131 Å². The first-order valence-corrected chi connectivity index (χ1v) is 21.1. The van der Waals surface area contributed by atoms with E-state index in [-0.39, 0.29) is 40.7 Å². The van der Waals surface area contributed by atoms with E-state index in [1.54, 1.807) is 6.07 Å². The van der Waals surface area contributed by atoms with Crippen LogP contribution in [0.1, 0.15) is 87.2 Å². The van der Waals surface area contributed by atoms with Crippen LogP contribution in [0.15, 0.2) is 36.4 Å². The Kier molecular flexibility index (Phi) is 10.5. The van der Waals surface area contributed by atoms with Crippen molar-refractivity contribution in [1.82, 2.24) is 9.62 Å². The van der Waals surface area contributed by atoms with E-state index in [0.29, 0.717) is 37.2 Å².